The molecule has 3 heterocycles. The number of nitrogens with one attached hydrogen (secondary N) is 2. The number of piperazine rings is 1. The summed E-state index contributed by atoms with van der Waals surface area (Å²) in [5.74, 6) is 2.13. The van der Waals surface area contributed by atoms with E-state index in [0.717, 1.165) is 36.0 Å². The van der Waals surface area contributed by atoms with Crippen LogP contribution in [-0.2, 0) is 0 Å². The van der Waals surface area contributed by atoms with Gasteiger partial charge in [0.1, 0.15) is 0 Å². The molecular weight excluding hydrogens is 148 g/mol. The zero-order valence-corrected chi connectivity index (χ0v) is 7.29. The molecule has 5 fully saturated rings. The summed E-state index contributed by atoms with van der Waals surface area (Å²) in [6.07, 6.45) is 5.86. The molecular formula is C10H16N2. The van der Waals surface area contributed by atoms with Crippen molar-refractivity contribution in [2.45, 2.75) is 49.9 Å². The third-order valence-electron chi connectivity index (χ3n) is 4.72. The predicted octanol–water partition coefficient (Wildman–Crippen LogP) is 0.487. The van der Waals surface area contributed by atoms with Gasteiger partial charge >= 0.3 is 0 Å². The normalized spacial score (nSPS) is 66.0. The fourth-order valence-electron chi connectivity index (χ4n) is 4.21. The summed E-state index contributed by atoms with van der Waals surface area (Å²) in [6, 6.07) is 3.34. The summed E-state index contributed by atoms with van der Waals surface area (Å²) >= 11 is 0. The number of hydrogen-bond acceptors (Lipinski definition) is 2. The summed E-state index contributed by atoms with van der Waals surface area (Å²) in [5.41, 5.74) is 0. The molecule has 3 saturated heterocycles. The van der Waals surface area contributed by atoms with Gasteiger partial charge in [0.25, 0.3) is 0 Å². The lowest BCUT2D eigenvalue weighted by Crippen LogP contribution is -2.62. The van der Waals surface area contributed by atoms with Crippen LogP contribution in [0.4, 0.5) is 0 Å². The predicted molar refractivity (Wildman–Crippen MR) is 46.9 cm³/mol. The summed E-state index contributed by atoms with van der Waals surface area (Å²) < 4.78 is 0. The first-order chi connectivity index (χ1) is 5.90. The van der Waals surface area contributed by atoms with Crippen LogP contribution < -0.4 is 10.6 Å². The largest absolute Gasteiger partial charge is 0.308 e. The van der Waals surface area contributed by atoms with Crippen molar-refractivity contribution in [3.05, 3.63) is 0 Å². The van der Waals surface area contributed by atoms with Gasteiger partial charge in [-0.3, -0.25) is 0 Å². The molecule has 2 heteroatoms. The first kappa shape index (κ1) is 6.39. The van der Waals surface area contributed by atoms with E-state index in [2.05, 4.69) is 10.6 Å². The molecule has 5 aliphatic rings. The van der Waals surface area contributed by atoms with Gasteiger partial charge in [0.15, 0.2) is 0 Å². The molecule has 2 saturated carbocycles. The maximum Gasteiger partial charge on any atom is 0.0227 e. The Kier molecular flexibility index (Phi) is 0.999. The SMILES string of the molecule is C1C2CC3NC4CC2CC4NC13. The van der Waals surface area contributed by atoms with E-state index in [1.165, 1.54) is 25.7 Å². The van der Waals surface area contributed by atoms with Crippen LogP contribution in [-0.4, -0.2) is 24.2 Å². The highest BCUT2D eigenvalue weighted by atomic mass is 15.2. The van der Waals surface area contributed by atoms with E-state index in [0.29, 0.717) is 0 Å². The Morgan fingerprint density at radius 1 is 0.583 bits per heavy atom. The van der Waals surface area contributed by atoms with Crippen LogP contribution in [0.1, 0.15) is 25.7 Å². The molecule has 0 amide bonds. The Balaban J connectivity index is 1.84. The summed E-state index contributed by atoms with van der Waals surface area (Å²) in [5, 5.41) is 7.67. The topological polar surface area (TPSA) is 24.1 Å². The molecule has 66 valence electrons. The zero-order chi connectivity index (χ0) is 7.71. The highest BCUT2D eigenvalue weighted by Gasteiger charge is 2.53. The highest BCUT2D eigenvalue weighted by Crippen LogP contribution is 2.47. The summed E-state index contributed by atoms with van der Waals surface area (Å²) in [4.78, 5) is 0. The second-order valence-electron chi connectivity index (χ2n) is 5.22. The summed E-state index contributed by atoms with van der Waals surface area (Å²) in [7, 11) is 0. The molecule has 0 spiro atoms. The van der Waals surface area contributed by atoms with E-state index >= 15 is 0 Å². The molecule has 4 unspecified atom stereocenters. The first-order valence-corrected chi connectivity index (χ1v) is 5.42. The smallest absolute Gasteiger partial charge is 0.0227 e. The Hall–Kier alpha value is -0.0800. The minimum absolute atomic E-state index is 0.835. The van der Waals surface area contributed by atoms with Gasteiger partial charge in [0.05, 0.1) is 0 Å². The summed E-state index contributed by atoms with van der Waals surface area (Å²) in [6.45, 7) is 0. The van der Waals surface area contributed by atoms with Gasteiger partial charge in [0.2, 0.25) is 0 Å². The van der Waals surface area contributed by atoms with Crippen molar-refractivity contribution in [1.29, 1.82) is 0 Å². The lowest BCUT2D eigenvalue weighted by atomic mass is 9.90. The standard InChI is InChI=1S/C10H16N2/c1-5-2-8-7(1)11-9-3-6(5)4-10(9)12-8/h5-12H,1-4H2. The maximum atomic E-state index is 3.84. The van der Waals surface area contributed by atoms with Gasteiger partial charge in [0, 0.05) is 24.2 Å². The van der Waals surface area contributed by atoms with Crippen LogP contribution in [0, 0.1) is 11.8 Å². The van der Waals surface area contributed by atoms with E-state index < -0.39 is 0 Å². The van der Waals surface area contributed by atoms with Crippen LogP contribution >= 0.6 is 0 Å². The van der Waals surface area contributed by atoms with Crippen LogP contribution in [0.5, 0.6) is 0 Å². The van der Waals surface area contributed by atoms with E-state index in [4.69, 9.17) is 0 Å². The molecule has 0 aromatic rings. The van der Waals surface area contributed by atoms with E-state index in [9.17, 15) is 0 Å². The molecule has 2 N–H and O–H groups in total. The van der Waals surface area contributed by atoms with Crippen LogP contribution in [0.25, 0.3) is 0 Å². The lowest BCUT2D eigenvalue weighted by molar-refractivity contribution is 0.250. The average Bonchev–Trinajstić information content (AvgIpc) is 2.48. The van der Waals surface area contributed by atoms with Crippen molar-refractivity contribution < 1.29 is 0 Å². The van der Waals surface area contributed by atoms with E-state index in [1.807, 2.05) is 0 Å². The maximum absolute atomic E-state index is 3.84. The Bertz CT molecular complexity index is 184. The second-order valence-corrected chi connectivity index (χ2v) is 5.22. The van der Waals surface area contributed by atoms with Gasteiger partial charge < -0.3 is 10.6 Å². The molecule has 4 atom stereocenters. The van der Waals surface area contributed by atoms with Crippen LogP contribution in [0.2, 0.25) is 0 Å². The fraction of sp³-hybridized carbons (Fsp3) is 1.00. The molecule has 6 bridgehead atoms. The molecule has 0 aromatic carbocycles. The van der Waals surface area contributed by atoms with Crippen molar-refractivity contribution in [3.63, 3.8) is 0 Å². The van der Waals surface area contributed by atoms with E-state index in [-0.39, 0.29) is 0 Å². The van der Waals surface area contributed by atoms with Crippen molar-refractivity contribution in [1.82, 2.24) is 10.6 Å². The molecule has 2 nitrogen and oxygen atoms in total. The first-order valence-electron chi connectivity index (χ1n) is 5.42. The van der Waals surface area contributed by atoms with Crippen molar-refractivity contribution >= 4 is 0 Å². The van der Waals surface area contributed by atoms with Gasteiger partial charge in [-0.25, -0.2) is 0 Å². The minimum atomic E-state index is 0.835. The molecule has 0 aromatic heterocycles. The minimum Gasteiger partial charge on any atom is -0.308 e. The van der Waals surface area contributed by atoms with Gasteiger partial charge in [-0.2, -0.15) is 0 Å². The quantitative estimate of drug-likeness (QED) is 0.544. The highest BCUT2D eigenvalue weighted by molar-refractivity contribution is 5.12. The molecule has 5 rings (SSSR count). The Morgan fingerprint density at radius 3 is 1.25 bits per heavy atom. The second kappa shape index (κ2) is 1.88. The van der Waals surface area contributed by atoms with Crippen molar-refractivity contribution in [2.24, 2.45) is 11.8 Å². The third-order valence-corrected chi connectivity index (χ3v) is 4.72. The van der Waals surface area contributed by atoms with Crippen molar-refractivity contribution in [3.8, 4) is 0 Å². The molecule has 12 heavy (non-hydrogen) atoms. The van der Waals surface area contributed by atoms with E-state index in [1.54, 1.807) is 0 Å². The monoisotopic (exact) mass is 164 g/mol. The van der Waals surface area contributed by atoms with Crippen LogP contribution in [0.3, 0.4) is 0 Å². The molecule has 0 radical (unpaired) electrons. The number of hydrogen-bond donors (Lipinski definition) is 2. The molecule has 2 aliphatic carbocycles. The number of rotatable bonds is 0. The molecule has 3 aliphatic heterocycles. The average molecular weight is 164 g/mol. The van der Waals surface area contributed by atoms with Gasteiger partial charge in [-0.15, -0.1) is 0 Å². The van der Waals surface area contributed by atoms with Crippen molar-refractivity contribution in [2.75, 3.05) is 0 Å². The zero-order valence-electron chi connectivity index (χ0n) is 7.29. The lowest BCUT2D eigenvalue weighted by Gasteiger charge is -2.37. The Labute approximate surface area is 73.1 Å². The van der Waals surface area contributed by atoms with Gasteiger partial charge in [-0.05, 0) is 37.5 Å². The third kappa shape index (κ3) is 0.612. The Morgan fingerprint density at radius 2 is 0.917 bits per heavy atom. The fourth-order valence-corrected chi connectivity index (χ4v) is 4.21. The van der Waals surface area contributed by atoms with Gasteiger partial charge in [-0.1, -0.05) is 0 Å². The van der Waals surface area contributed by atoms with Crippen LogP contribution in [0.15, 0.2) is 0 Å².